The predicted octanol–water partition coefficient (Wildman–Crippen LogP) is 0.887. The van der Waals surface area contributed by atoms with E-state index in [2.05, 4.69) is 40.7 Å². The highest BCUT2D eigenvalue weighted by Crippen LogP contribution is 2.76. The molecular weight excluding hydrogens is 893 g/mol. The Bertz CT molecular complexity index is 1900. The number of carboxylic acid groups (broad SMARTS) is 1. The SMILES string of the molecule is COC(=O)C1(C)CCC2(C(=O)O)CCC3(C)C(=CCC4C5(C)CCC(OC6OC(CO)C(O)C(O)C6OC6OC(CO)C(O)C(O)C6OC6OC(C)C(O)C(O)C6O)C(C)(C)C5CCC43C)C2C1. The Morgan fingerprint density at radius 2 is 1.24 bits per heavy atom. The number of ether oxygens (including phenoxy) is 7. The van der Waals surface area contributed by atoms with Crippen LogP contribution in [0, 0.1) is 50.2 Å². The topological polar surface area (TPSA) is 301 Å². The number of methoxy groups -OCH3 is 1. The Labute approximate surface area is 398 Å². The van der Waals surface area contributed by atoms with Gasteiger partial charge in [-0.3, -0.25) is 9.59 Å². The van der Waals surface area contributed by atoms with Crippen LogP contribution in [0.1, 0.15) is 113 Å². The van der Waals surface area contributed by atoms with Gasteiger partial charge in [-0.25, -0.2) is 0 Å². The Hall–Kier alpha value is -1.92. The third-order valence-corrected chi connectivity index (χ3v) is 19.8. The van der Waals surface area contributed by atoms with Crippen molar-refractivity contribution in [1.82, 2.24) is 0 Å². The van der Waals surface area contributed by atoms with E-state index in [0.717, 1.165) is 32.1 Å². The second kappa shape index (κ2) is 18.5. The van der Waals surface area contributed by atoms with E-state index in [-0.39, 0.29) is 40.0 Å². The third-order valence-electron chi connectivity index (χ3n) is 19.8. The fourth-order valence-corrected chi connectivity index (χ4v) is 15.3. The van der Waals surface area contributed by atoms with Gasteiger partial charge in [-0.2, -0.15) is 0 Å². The zero-order valence-electron chi connectivity index (χ0n) is 40.7. The summed E-state index contributed by atoms with van der Waals surface area (Å²) in [7, 11) is 1.39. The van der Waals surface area contributed by atoms with Crippen molar-refractivity contribution in [3.63, 3.8) is 0 Å². The standard InChI is InChI=1S/C49H78O19/c1-22-30(52)33(55)36(58)39(63-22)67-38-35(57)32(54)26(21-51)65-41(38)68-37-34(56)31(53)25(20-50)64-40(37)66-29-12-13-46(5)27(44(29,2)3)11-14-48(7)28(46)10-9-23-24-19-45(4,43(61)62-8)15-17-49(24,42(59)60)18-16-47(23,48)6/h9,22,24-41,50-58H,10-21H2,1-8H3,(H,59,60). The highest BCUT2D eigenvalue weighted by molar-refractivity contribution is 5.80. The van der Waals surface area contributed by atoms with Crippen molar-refractivity contribution in [2.24, 2.45) is 50.2 Å². The first-order valence-electron chi connectivity index (χ1n) is 24.7. The van der Waals surface area contributed by atoms with Gasteiger partial charge in [0.15, 0.2) is 18.9 Å². The number of carbonyl (C=O) groups is 2. The molecule has 8 aliphatic rings. The lowest BCUT2D eigenvalue weighted by Crippen LogP contribution is -2.67. The Balaban J connectivity index is 1.06. The number of carbonyl (C=O) groups excluding carboxylic acids is 1. The normalized spacial score (nSPS) is 53.4. The van der Waals surface area contributed by atoms with Crippen LogP contribution in [-0.2, 0) is 42.7 Å². The monoisotopic (exact) mass is 971 g/mol. The minimum atomic E-state index is -1.85. The lowest BCUT2D eigenvalue weighted by Gasteiger charge is -2.71. The minimum absolute atomic E-state index is 0.107. The second-order valence-corrected chi connectivity index (χ2v) is 23.3. The van der Waals surface area contributed by atoms with Crippen LogP contribution in [0.3, 0.4) is 0 Å². The van der Waals surface area contributed by atoms with Crippen LogP contribution >= 0.6 is 0 Å². The number of esters is 1. The zero-order valence-corrected chi connectivity index (χ0v) is 40.7. The second-order valence-electron chi connectivity index (χ2n) is 23.3. The number of aliphatic hydroxyl groups is 9. The molecule has 7 fully saturated rings. The Morgan fingerprint density at radius 3 is 1.81 bits per heavy atom. The smallest absolute Gasteiger partial charge is 0.311 e. The van der Waals surface area contributed by atoms with Gasteiger partial charge < -0.3 is 84.2 Å². The van der Waals surface area contributed by atoms with E-state index in [1.54, 1.807) is 0 Å². The van der Waals surface area contributed by atoms with E-state index >= 15 is 0 Å². The molecule has 24 unspecified atom stereocenters. The fourth-order valence-electron chi connectivity index (χ4n) is 15.3. The van der Waals surface area contributed by atoms with Crippen LogP contribution in [0.2, 0.25) is 0 Å². The summed E-state index contributed by atoms with van der Waals surface area (Å²) in [6.07, 6.45) is -15.9. The zero-order chi connectivity index (χ0) is 49.8. The van der Waals surface area contributed by atoms with E-state index in [1.165, 1.54) is 19.6 Å². The fraction of sp³-hybridized carbons (Fsp3) is 0.918. The number of hydrogen-bond donors (Lipinski definition) is 10. The van der Waals surface area contributed by atoms with Gasteiger partial charge in [0.2, 0.25) is 0 Å². The molecule has 0 radical (unpaired) electrons. The molecule has 0 aromatic rings. The molecule has 8 rings (SSSR count). The van der Waals surface area contributed by atoms with Crippen molar-refractivity contribution in [2.45, 2.75) is 211 Å². The van der Waals surface area contributed by atoms with Crippen molar-refractivity contribution >= 4 is 11.9 Å². The average molecular weight is 971 g/mol. The van der Waals surface area contributed by atoms with Gasteiger partial charge >= 0.3 is 11.9 Å². The molecule has 0 aromatic carbocycles. The maximum atomic E-state index is 13.3. The molecule has 0 aromatic heterocycles. The highest BCUT2D eigenvalue weighted by Gasteiger charge is 2.70. The van der Waals surface area contributed by atoms with E-state index in [9.17, 15) is 60.7 Å². The highest BCUT2D eigenvalue weighted by atomic mass is 16.8. The molecule has 19 heteroatoms. The van der Waals surface area contributed by atoms with Gasteiger partial charge in [0.05, 0.1) is 43.4 Å². The van der Waals surface area contributed by atoms with Gasteiger partial charge in [0, 0.05) is 0 Å². The number of aliphatic carboxylic acids is 1. The summed E-state index contributed by atoms with van der Waals surface area (Å²) in [5.41, 5.74) is -1.82. The molecule has 4 saturated carbocycles. The molecule has 0 spiro atoms. The molecule has 0 amide bonds. The maximum Gasteiger partial charge on any atom is 0.311 e. The summed E-state index contributed by atoms with van der Waals surface area (Å²) < 4.78 is 42.1. The number of fused-ring (bicyclic) bond motifs is 7. The maximum absolute atomic E-state index is 13.3. The molecule has 5 aliphatic carbocycles. The summed E-state index contributed by atoms with van der Waals surface area (Å²) >= 11 is 0. The van der Waals surface area contributed by atoms with E-state index in [0.29, 0.717) is 32.1 Å². The minimum Gasteiger partial charge on any atom is -0.481 e. The number of rotatable bonds is 10. The van der Waals surface area contributed by atoms with E-state index in [1.807, 2.05) is 6.92 Å². The van der Waals surface area contributed by atoms with Gasteiger partial charge in [-0.1, -0.05) is 46.3 Å². The number of allylic oxidation sites excluding steroid dienone is 2. The summed E-state index contributed by atoms with van der Waals surface area (Å²) in [6.45, 7) is 13.3. The quantitative estimate of drug-likeness (QED) is 0.0826. The lowest BCUT2D eigenvalue weighted by atomic mass is 9.33. The molecule has 0 bridgehead atoms. The predicted molar refractivity (Wildman–Crippen MR) is 236 cm³/mol. The Morgan fingerprint density at radius 1 is 0.662 bits per heavy atom. The van der Waals surface area contributed by atoms with Crippen LogP contribution < -0.4 is 0 Å². The van der Waals surface area contributed by atoms with Crippen LogP contribution in [-0.4, -0.2) is 182 Å². The van der Waals surface area contributed by atoms with Gasteiger partial charge in [0.25, 0.3) is 0 Å². The molecule has 388 valence electrons. The molecule has 3 aliphatic heterocycles. The number of carboxylic acids is 1. The van der Waals surface area contributed by atoms with E-state index < -0.39 is 134 Å². The van der Waals surface area contributed by atoms with Crippen molar-refractivity contribution in [2.75, 3.05) is 20.3 Å². The number of hydrogen-bond acceptors (Lipinski definition) is 18. The van der Waals surface area contributed by atoms with Crippen molar-refractivity contribution < 1.29 is 93.8 Å². The van der Waals surface area contributed by atoms with Crippen LogP contribution in [0.25, 0.3) is 0 Å². The molecular formula is C49H78O19. The van der Waals surface area contributed by atoms with Crippen molar-refractivity contribution in [3.05, 3.63) is 11.6 Å². The van der Waals surface area contributed by atoms with Gasteiger partial charge in [-0.15, -0.1) is 0 Å². The van der Waals surface area contributed by atoms with E-state index in [4.69, 9.17) is 33.2 Å². The third kappa shape index (κ3) is 7.95. The van der Waals surface area contributed by atoms with Gasteiger partial charge in [0.1, 0.15) is 67.1 Å². The molecule has 68 heavy (non-hydrogen) atoms. The average Bonchev–Trinajstić information content (AvgIpc) is 3.29. The molecule has 24 atom stereocenters. The first-order chi connectivity index (χ1) is 31.8. The molecule has 19 nitrogen and oxygen atoms in total. The summed E-state index contributed by atoms with van der Waals surface area (Å²) in [5, 5.41) is 108. The van der Waals surface area contributed by atoms with Crippen LogP contribution in [0.15, 0.2) is 11.6 Å². The van der Waals surface area contributed by atoms with Crippen LogP contribution in [0.5, 0.6) is 0 Å². The first kappa shape index (κ1) is 52.4. The first-order valence-corrected chi connectivity index (χ1v) is 24.7. The summed E-state index contributed by atoms with van der Waals surface area (Å²) in [6, 6.07) is 0. The Kier molecular flexibility index (Phi) is 14.3. The number of aliphatic hydroxyl groups excluding tert-OH is 9. The lowest BCUT2D eigenvalue weighted by molar-refractivity contribution is -0.397. The van der Waals surface area contributed by atoms with Crippen LogP contribution in [0.4, 0.5) is 0 Å². The summed E-state index contributed by atoms with van der Waals surface area (Å²) in [5.74, 6) is -1.07. The molecule has 3 heterocycles. The summed E-state index contributed by atoms with van der Waals surface area (Å²) in [4.78, 5) is 26.5. The van der Waals surface area contributed by atoms with Crippen molar-refractivity contribution in [3.8, 4) is 0 Å². The molecule has 10 N–H and O–H groups in total. The van der Waals surface area contributed by atoms with Gasteiger partial charge in [-0.05, 0) is 117 Å². The van der Waals surface area contributed by atoms with Crippen molar-refractivity contribution in [1.29, 1.82) is 0 Å². The molecule has 3 saturated heterocycles. The largest absolute Gasteiger partial charge is 0.481 e.